The first-order valence-corrected chi connectivity index (χ1v) is 6.14. The third-order valence-corrected chi connectivity index (χ3v) is 2.82. The fourth-order valence-corrected chi connectivity index (χ4v) is 0.848. The summed E-state index contributed by atoms with van der Waals surface area (Å²) < 4.78 is 0. The third kappa shape index (κ3) is 15.8. The molecule has 3 nitrogen and oxygen atoms in total. The van der Waals surface area contributed by atoms with Crippen LogP contribution < -0.4 is 0 Å². The van der Waals surface area contributed by atoms with Gasteiger partial charge in [-0.05, 0) is 27.2 Å². The molecule has 0 rings (SSSR count). The van der Waals surface area contributed by atoms with E-state index in [-0.39, 0.29) is 0 Å². The summed E-state index contributed by atoms with van der Waals surface area (Å²) in [6.07, 6.45) is 6.82. The first-order valence-electron chi connectivity index (χ1n) is 5.02. The fourth-order valence-electron chi connectivity index (χ4n) is 0.661. The second-order valence-electron chi connectivity index (χ2n) is 3.75. The minimum Gasteiger partial charge on any atom is -0.481 e. The second-order valence-corrected chi connectivity index (χ2v) is 4.31. The van der Waals surface area contributed by atoms with Crippen molar-refractivity contribution in [2.45, 2.75) is 39.7 Å². The van der Waals surface area contributed by atoms with Gasteiger partial charge in [-0.2, -0.15) is 0 Å². The van der Waals surface area contributed by atoms with Crippen LogP contribution in [0.15, 0.2) is 23.8 Å². The Kier molecular flexibility index (Phi) is 10.7. The van der Waals surface area contributed by atoms with Gasteiger partial charge in [0.2, 0.25) is 0 Å². The summed E-state index contributed by atoms with van der Waals surface area (Å²) in [5, 5.41) is 17.5. The van der Waals surface area contributed by atoms with Crippen LogP contribution in [0.3, 0.4) is 0 Å². The van der Waals surface area contributed by atoms with Gasteiger partial charge in [0, 0.05) is 12.3 Å². The van der Waals surface area contributed by atoms with Crippen LogP contribution in [0.2, 0.25) is 0 Å². The largest absolute Gasteiger partial charge is 0.481 e. The van der Waals surface area contributed by atoms with Crippen molar-refractivity contribution >= 4 is 21.9 Å². The van der Waals surface area contributed by atoms with E-state index in [9.17, 15) is 5.11 Å². The zero-order chi connectivity index (χ0) is 13.2. The van der Waals surface area contributed by atoms with Crippen LogP contribution >= 0.6 is 15.9 Å². The molecule has 94 valence electrons. The molecule has 0 aromatic rings. The van der Waals surface area contributed by atoms with E-state index >= 15 is 0 Å². The van der Waals surface area contributed by atoms with Crippen molar-refractivity contribution in [1.29, 1.82) is 0 Å². The van der Waals surface area contributed by atoms with Crippen molar-refractivity contribution in [3.63, 3.8) is 0 Å². The molecule has 0 fully saturated rings. The molecule has 0 aliphatic heterocycles. The summed E-state index contributed by atoms with van der Waals surface area (Å²) in [4.78, 5) is 9.00. The molecule has 0 aliphatic carbocycles. The second kappa shape index (κ2) is 9.60. The Labute approximate surface area is 106 Å². The van der Waals surface area contributed by atoms with Gasteiger partial charge in [-0.1, -0.05) is 39.7 Å². The van der Waals surface area contributed by atoms with E-state index in [4.69, 9.17) is 9.90 Å². The lowest BCUT2D eigenvalue weighted by Gasteiger charge is -2.14. The number of hydrogen-bond donors (Lipinski definition) is 2. The smallest absolute Gasteiger partial charge is 0.300 e. The molecule has 0 aromatic heterocycles. The molecule has 0 bridgehead atoms. The van der Waals surface area contributed by atoms with Crippen molar-refractivity contribution < 1.29 is 15.0 Å². The van der Waals surface area contributed by atoms with Crippen LogP contribution in [0.5, 0.6) is 0 Å². The monoisotopic (exact) mass is 292 g/mol. The number of halogens is 1. The number of carboxylic acids is 1. The predicted molar refractivity (Wildman–Crippen MR) is 70.9 cm³/mol. The molecule has 0 saturated carbocycles. The SMILES string of the molecule is CC(=O)O.CC=C(C)CC=CC(C)(O)CBr. The molecule has 16 heavy (non-hydrogen) atoms. The van der Waals surface area contributed by atoms with Crippen molar-refractivity contribution in [3.05, 3.63) is 23.8 Å². The molecular weight excluding hydrogens is 272 g/mol. The van der Waals surface area contributed by atoms with Crippen LogP contribution in [-0.4, -0.2) is 27.1 Å². The van der Waals surface area contributed by atoms with Gasteiger partial charge in [-0.25, -0.2) is 0 Å². The van der Waals surface area contributed by atoms with Crippen molar-refractivity contribution in [2.75, 3.05) is 5.33 Å². The summed E-state index contributed by atoms with van der Waals surface area (Å²) in [7, 11) is 0. The van der Waals surface area contributed by atoms with Gasteiger partial charge >= 0.3 is 0 Å². The minimum atomic E-state index is -0.833. The topological polar surface area (TPSA) is 57.5 Å². The zero-order valence-corrected chi connectivity index (χ0v) is 11.9. The van der Waals surface area contributed by atoms with Crippen LogP contribution in [0.4, 0.5) is 0 Å². The van der Waals surface area contributed by atoms with Gasteiger partial charge in [0.05, 0.1) is 5.60 Å². The fraction of sp³-hybridized carbons (Fsp3) is 0.583. The number of allylic oxidation sites excluding steroid dienone is 3. The maximum Gasteiger partial charge on any atom is 0.300 e. The van der Waals surface area contributed by atoms with Gasteiger partial charge in [0.25, 0.3) is 5.97 Å². The molecule has 0 aromatic carbocycles. The van der Waals surface area contributed by atoms with Gasteiger partial charge in [0.15, 0.2) is 0 Å². The molecule has 4 heteroatoms. The van der Waals surface area contributed by atoms with E-state index in [1.807, 2.05) is 19.1 Å². The lowest BCUT2D eigenvalue weighted by molar-refractivity contribution is -0.134. The van der Waals surface area contributed by atoms with E-state index in [1.165, 1.54) is 5.57 Å². The number of rotatable bonds is 4. The summed E-state index contributed by atoms with van der Waals surface area (Å²) in [6.45, 7) is 6.96. The number of aliphatic carboxylic acids is 1. The molecule has 0 saturated heterocycles. The Morgan fingerprint density at radius 1 is 1.44 bits per heavy atom. The standard InChI is InChI=1S/C10H17BrO.C2H4O2/c1-4-9(2)6-5-7-10(3,12)8-11;1-2(3)4/h4-5,7,12H,6,8H2,1-3H3;1H3,(H,3,4). The normalized spacial score (nSPS) is 15.2. The quantitative estimate of drug-likeness (QED) is 0.618. The summed E-state index contributed by atoms with van der Waals surface area (Å²) in [6, 6.07) is 0. The molecule has 2 N–H and O–H groups in total. The van der Waals surface area contributed by atoms with Crippen LogP contribution in [-0.2, 0) is 4.79 Å². The van der Waals surface area contributed by atoms with Crippen LogP contribution in [0.25, 0.3) is 0 Å². The Morgan fingerprint density at radius 2 is 1.88 bits per heavy atom. The maximum atomic E-state index is 9.56. The number of hydrogen-bond acceptors (Lipinski definition) is 2. The highest BCUT2D eigenvalue weighted by molar-refractivity contribution is 9.09. The molecule has 1 atom stereocenters. The lowest BCUT2D eigenvalue weighted by atomic mass is 10.1. The molecule has 0 heterocycles. The first-order chi connectivity index (χ1) is 7.25. The molecule has 0 radical (unpaired) electrons. The van der Waals surface area contributed by atoms with Crippen molar-refractivity contribution in [3.8, 4) is 0 Å². The number of alkyl halides is 1. The highest BCUT2D eigenvalue weighted by Crippen LogP contribution is 2.10. The molecule has 0 aliphatic rings. The lowest BCUT2D eigenvalue weighted by Crippen LogP contribution is -2.22. The van der Waals surface area contributed by atoms with E-state index < -0.39 is 11.6 Å². The molecular formula is C12H21BrO3. The maximum absolute atomic E-state index is 9.56. The number of carboxylic acid groups (broad SMARTS) is 1. The summed E-state index contributed by atoms with van der Waals surface area (Å²) in [5.41, 5.74) is 0.602. The Balaban J connectivity index is 0. The van der Waals surface area contributed by atoms with Crippen molar-refractivity contribution in [2.24, 2.45) is 0 Å². The molecule has 1 unspecified atom stereocenters. The summed E-state index contributed by atoms with van der Waals surface area (Å²) >= 11 is 3.24. The number of aliphatic hydroxyl groups is 1. The highest BCUT2D eigenvalue weighted by atomic mass is 79.9. The average Bonchev–Trinajstić information content (AvgIpc) is 2.16. The van der Waals surface area contributed by atoms with Gasteiger partial charge in [0.1, 0.15) is 0 Å². The zero-order valence-electron chi connectivity index (χ0n) is 10.3. The van der Waals surface area contributed by atoms with E-state index in [0.717, 1.165) is 13.3 Å². The average molecular weight is 293 g/mol. The van der Waals surface area contributed by atoms with E-state index in [0.29, 0.717) is 5.33 Å². The minimum absolute atomic E-state index is 0.575. The Morgan fingerprint density at radius 3 is 2.19 bits per heavy atom. The highest BCUT2D eigenvalue weighted by Gasteiger charge is 2.12. The Bertz CT molecular complexity index is 251. The van der Waals surface area contributed by atoms with Crippen molar-refractivity contribution in [1.82, 2.24) is 0 Å². The molecule has 0 spiro atoms. The van der Waals surface area contributed by atoms with Gasteiger partial charge < -0.3 is 10.2 Å². The van der Waals surface area contributed by atoms with Gasteiger partial charge in [-0.15, -0.1) is 0 Å². The van der Waals surface area contributed by atoms with Gasteiger partial charge in [-0.3, -0.25) is 4.79 Å². The molecule has 0 amide bonds. The Hall–Kier alpha value is -0.610. The third-order valence-electron chi connectivity index (χ3n) is 1.68. The van der Waals surface area contributed by atoms with E-state index in [2.05, 4.69) is 28.9 Å². The number of carbonyl (C=O) groups is 1. The predicted octanol–water partition coefficient (Wildman–Crippen LogP) is 3.14. The van der Waals surface area contributed by atoms with Crippen LogP contribution in [0, 0.1) is 0 Å². The first kappa shape index (κ1) is 17.8. The van der Waals surface area contributed by atoms with E-state index in [1.54, 1.807) is 6.92 Å². The summed E-state index contributed by atoms with van der Waals surface area (Å²) in [5.74, 6) is -0.833. The van der Waals surface area contributed by atoms with Crippen LogP contribution in [0.1, 0.15) is 34.1 Å².